The second kappa shape index (κ2) is 5.08. The predicted octanol–water partition coefficient (Wildman–Crippen LogP) is 2.21. The average molecular weight is 267 g/mol. The molecule has 2 heterocycles. The number of halogens is 1. The number of benzene rings is 1. The second-order valence-electron chi connectivity index (χ2n) is 5.18. The lowest BCUT2D eigenvalue weighted by atomic mass is 10.1. The number of anilines is 1. The van der Waals surface area contributed by atoms with Gasteiger partial charge in [-0.15, -0.1) is 0 Å². The highest BCUT2D eigenvalue weighted by molar-refractivity contribution is 6.31. The fourth-order valence-electron chi connectivity index (χ4n) is 2.92. The Labute approximate surface area is 113 Å². The van der Waals surface area contributed by atoms with Gasteiger partial charge in [-0.25, -0.2) is 0 Å². The lowest BCUT2D eigenvalue weighted by Crippen LogP contribution is -2.42. The number of nitrogens with zero attached hydrogens (tertiary/aromatic N) is 1. The Hall–Kier alpha value is -0.770. The first kappa shape index (κ1) is 12.3. The van der Waals surface area contributed by atoms with Gasteiger partial charge in [0.25, 0.3) is 0 Å². The lowest BCUT2D eigenvalue weighted by molar-refractivity contribution is 0.0305. The monoisotopic (exact) mass is 266 g/mol. The van der Waals surface area contributed by atoms with Crippen LogP contribution in [-0.4, -0.2) is 31.8 Å². The van der Waals surface area contributed by atoms with Gasteiger partial charge < -0.3 is 15.4 Å². The van der Waals surface area contributed by atoms with Gasteiger partial charge in [0.1, 0.15) is 0 Å². The van der Waals surface area contributed by atoms with Crippen LogP contribution in [0.25, 0.3) is 0 Å². The van der Waals surface area contributed by atoms with Crippen LogP contribution in [0, 0.1) is 0 Å². The summed E-state index contributed by atoms with van der Waals surface area (Å²) >= 11 is 6.30. The molecule has 2 aliphatic rings. The third-order valence-electron chi connectivity index (χ3n) is 3.86. The largest absolute Gasteiger partial charge is 0.371 e. The standard InChI is InChI=1S/C14H19ClN2O/c15-14-7-11(2-1-10(14)5-6-16)17-8-12-3-4-13(9-17)18-12/h1-2,7,12-13H,3-6,8-9,16H2. The van der Waals surface area contributed by atoms with Crippen molar-refractivity contribution in [2.45, 2.75) is 31.5 Å². The molecule has 0 aliphatic carbocycles. The Morgan fingerprint density at radius 2 is 2.00 bits per heavy atom. The molecular weight excluding hydrogens is 248 g/mol. The molecule has 0 aromatic heterocycles. The van der Waals surface area contributed by atoms with Crippen LogP contribution in [0.2, 0.25) is 5.02 Å². The average Bonchev–Trinajstić information content (AvgIpc) is 2.71. The van der Waals surface area contributed by atoms with Crippen molar-refractivity contribution in [3.63, 3.8) is 0 Å². The molecule has 2 saturated heterocycles. The summed E-state index contributed by atoms with van der Waals surface area (Å²) in [6.07, 6.45) is 4.05. The quantitative estimate of drug-likeness (QED) is 0.912. The summed E-state index contributed by atoms with van der Waals surface area (Å²) in [5.41, 5.74) is 7.92. The maximum Gasteiger partial charge on any atom is 0.0755 e. The summed E-state index contributed by atoms with van der Waals surface area (Å²) in [5.74, 6) is 0. The van der Waals surface area contributed by atoms with Crippen molar-refractivity contribution < 1.29 is 4.74 Å². The SMILES string of the molecule is NCCc1ccc(N2CC3CCC(C2)O3)cc1Cl. The van der Waals surface area contributed by atoms with E-state index in [-0.39, 0.29) is 0 Å². The highest BCUT2D eigenvalue weighted by Gasteiger charge is 2.33. The first-order chi connectivity index (χ1) is 8.76. The molecule has 4 heteroatoms. The van der Waals surface area contributed by atoms with Crippen LogP contribution in [0.3, 0.4) is 0 Å². The molecule has 2 N–H and O–H groups in total. The second-order valence-corrected chi connectivity index (χ2v) is 5.58. The first-order valence-corrected chi connectivity index (χ1v) is 7.03. The molecule has 2 unspecified atom stereocenters. The van der Waals surface area contributed by atoms with E-state index in [1.807, 2.05) is 0 Å². The summed E-state index contributed by atoms with van der Waals surface area (Å²) < 4.78 is 5.85. The van der Waals surface area contributed by atoms with E-state index in [9.17, 15) is 0 Å². The van der Waals surface area contributed by atoms with Gasteiger partial charge >= 0.3 is 0 Å². The molecule has 18 heavy (non-hydrogen) atoms. The molecule has 1 aromatic carbocycles. The minimum Gasteiger partial charge on any atom is -0.371 e. The number of morpholine rings is 1. The van der Waals surface area contributed by atoms with Crippen LogP contribution >= 0.6 is 11.6 Å². The summed E-state index contributed by atoms with van der Waals surface area (Å²) in [6.45, 7) is 2.62. The van der Waals surface area contributed by atoms with E-state index < -0.39 is 0 Å². The van der Waals surface area contributed by atoms with E-state index in [0.717, 1.165) is 30.1 Å². The number of nitrogens with two attached hydrogens (primary N) is 1. The van der Waals surface area contributed by atoms with Crippen molar-refractivity contribution in [2.24, 2.45) is 5.73 Å². The van der Waals surface area contributed by atoms with Crippen molar-refractivity contribution in [2.75, 3.05) is 24.5 Å². The van der Waals surface area contributed by atoms with Gasteiger partial charge in [0.2, 0.25) is 0 Å². The van der Waals surface area contributed by atoms with Crippen LogP contribution in [0.15, 0.2) is 18.2 Å². The summed E-state index contributed by atoms with van der Waals surface area (Å²) in [4.78, 5) is 2.39. The zero-order valence-electron chi connectivity index (χ0n) is 10.4. The summed E-state index contributed by atoms with van der Waals surface area (Å²) in [7, 11) is 0. The molecule has 3 rings (SSSR count). The zero-order valence-corrected chi connectivity index (χ0v) is 11.2. The fraction of sp³-hybridized carbons (Fsp3) is 0.571. The Bertz CT molecular complexity index is 426. The maximum atomic E-state index is 6.30. The number of fused-ring (bicyclic) bond motifs is 2. The number of ether oxygens (including phenoxy) is 1. The van der Waals surface area contributed by atoms with E-state index in [1.165, 1.54) is 18.5 Å². The van der Waals surface area contributed by atoms with Gasteiger partial charge in [0.15, 0.2) is 0 Å². The Morgan fingerprint density at radius 1 is 1.28 bits per heavy atom. The van der Waals surface area contributed by atoms with Crippen molar-refractivity contribution >= 4 is 17.3 Å². The number of rotatable bonds is 3. The molecule has 3 nitrogen and oxygen atoms in total. The number of hydrogen-bond donors (Lipinski definition) is 1. The van der Waals surface area contributed by atoms with Crippen molar-refractivity contribution in [1.82, 2.24) is 0 Å². The van der Waals surface area contributed by atoms with Crippen molar-refractivity contribution in [3.05, 3.63) is 28.8 Å². The van der Waals surface area contributed by atoms with Crippen LogP contribution in [0.4, 0.5) is 5.69 Å². The number of hydrogen-bond acceptors (Lipinski definition) is 3. The van der Waals surface area contributed by atoms with E-state index >= 15 is 0 Å². The maximum absolute atomic E-state index is 6.30. The van der Waals surface area contributed by atoms with E-state index in [1.54, 1.807) is 0 Å². The van der Waals surface area contributed by atoms with Crippen LogP contribution in [0.5, 0.6) is 0 Å². The van der Waals surface area contributed by atoms with Gasteiger partial charge in [-0.1, -0.05) is 17.7 Å². The highest BCUT2D eigenvalue weighted by atomic mass is 35.5. The summed E-state index contributed by atoms with van der Waals surface area (Å²) in [6, 6.07) is 6.32. The Kier molecular flexibility index (Phi) is 3.46. The third-order valence-corrected chi connectivity index (χ3v) is 4.21. The van der Waals surface area contributed by atoms with Gasteiger partial charge in [0, 0.05) is 23.8 Å². The molecule has 0 radical (unpaired) electrons. The van der Waals surface area contributed by atoms with Crippen LogP contribution in [0.1, 0.15) is 18.4 Å². The molecule has 2 aliphatic heterocycles. The Balaban J connectivity index is 1.78. The molecule has 0 amide bonds. The molecule has 2 bridgehead atoms. The van der Waals surface area contributed by atoms with E-state index in [2.05, 4.69) is 23.1 Å². The van der Waals surface area contributed by atoms with E-state index in [4.69, 9.17) is 22.1 Å². The van der Waals surface area contributed by atoms with Crippen LogP contribution in [-0.2, 0) is 11.2 Å². The summed E-state index contributed by atoms with van der Waals surface area (Å²) in [5, 5.41) is 0.830. The zero-order chi connectivity index (χ0) is 12.5. The molecule has 2 atom stereocenters. The lowest BCUT2D eigenvalue weighted by Gasteiger charge is -2.34. The molecule has 98 valence electrons. The van der Waals surface area contributed by atoms with Gasteiger partial charge in [-0.2, -0.15) is 0 Å². The smallest absolute Gasteiger partial charge is 0.0755 e. The topological polar surface area (TPSA) is 38.5 Å². The third kappa shape index (κ3) is 2.35. The first-order valence-electron chi connectivity index (χ1n) is 6.65. The van der Waals surface area contributed by atoms with Gasteiger partial charge in [-0.3, -0.25) is 0 Å². The molecule has 0 saturated carbocycles. The molecule has 1 aromatic rings. The molecule has 2 fully saturated rings. The van der Waals surface area contributed by atoms with E-state index in [0.29, 0.717) is 18.8 Å². The fourth-order valence-corrected chi connectivity index (χ4v) is 3.19. The van der Waals surface area contributed by atoms with Crippen molar-refractivity contribution in [1.29, 1.82) is 0 Å². The normalized spacial score (nSPS) is 26.7. The minimum absolute atomic E-state index is 0.409. The highest BCUT2D eigenvalue weighted by Crippen LogP contribution is 2.31. The molecular formula is C14H19ClN2O. The predicted molar refractivity (Wildman–Crippen MR) is 74.3 cm³/mol. The molecule has 0 spiro atoms. The van der Waals surface area contributed by atoms with Gasteiger partial charge in [0.05, 0.1) is 12.2 Å². The van der Waals surface area contributed by atoms with Crippen LogP contribution < -0.4 is 10.6 Å². The minimum atomic E-state index is 0.409. The van der Waals surface area contributed by atoms with Gasteiger partial charge in [-0.05, 0) is 43.5 Å². The van der Waals surface area contributed by atoms with Crippen molar-refractivity contribution in [3.8, 4) is 0 Å². The Morgan fingerprint density at radius 3 is 2.61 bits per heavy atom.